The molecule has 2 aromatic carbocycles. The van der Waals surface area contributed by atoms with Crippen molar-refractivity contribution in [2.24, 2.45) is 0 Å². The molecule has 2 rings (SSSR count). The van der Waals surface area contributed by atoms with Crippen LogP contribution >= 0.6 is 15.9 Å². The summed E-state index contributed by atoms with van der Waals surface area (Å²) in [4.78, 5) is 26.1. The quantitative estimate of drug-likeness (QED) is 0.492. The highest BCUT2D eigenvalue weighted by molar-refractivity contribution is 9.10. The molecule has 174 valence electrons. The van der Waals surface area contributed by atoms with E-state index in [1.54, 1.807) is 58.2 Å². The van der Waals surface area contributed by atoms with Crippen LogP contribution in [0.5, 0.6) is 5.75 Å². The van der Waals surface area contributed by atoms with Gasteiger partial charge in [-0.15, -0.1) is 0 Å². The van der Waals surface area contributed by atoms with E-state index >= 15 is 0 Å². The summed E-state index contributed by atoms with van der Waals surface area (Å²) in [5.41, 5.74) is 1.45. The molecule has 1 N–H and O–H groups in total. The van der Waals surface area contributed by atoms with Gasteiger partial charge in [-0.25, -0.2) is 13.6 Å². The van der Waals surface area contributed by atoms with Gasteiger partial charge in [-0.3, -0.25) is 9.69 Å². The van der Waals surface area contributed by atoms with E-state index in [2.05, 4.69) is 21.2 Å². The topological polar surface area (TPSA) is 67.9 Å². The molecule has 0 unspecified atom stereocenters. The van der Waals surface area contributed by atoms with Crippen LogP contribution in [0.1, 0.15) is 42.3 Å². The number of halogens is 3. The highest BCUT2D eigenvalue weighted by atomic mass is 79.9. The minimum atomic E-state index is -2.73. The highest BCUT2D eigenvalue weighted by Crippen LogP contribution is 2.25. The summed E-state index contributed by atoms with van der Waals surface area (Å²) in [5, 5.41) is 2.79. The van der Waals surface area contributed by atoms with E-state index in [4.69, 9.17) is 9.47 Å². The lowest BCUT2D eigenvalue weighted by Crippen LogP contribution is -2.39. The Balaban J connectivity index is 2.24. The van der Waals surface area contributed by atoms with E-state index in [-0.39, 0.29) is 12.5 Å². The van der Waals surface area contributed by atoms with Gasteiger partial charge in [0.2, 0.25) is 0 Å². The number of ether oxygens (including phenoxy) is 2. The smallest absolute Gasteiger partial charge is 0.410 e. The van der Waals surface area contributed by atoms with Crippen LogP contribution < -0.4 is 10.1 Å². The van der Waals surface area contributed by atoms with Crippen molar-refractivity contribution in [3.8, 4) is 5.75 Å². The number of benzene rings is 2. The van der Waals surface area contributed by atoms with Crippen LogP contribution in [0.3, 0.4) is 0 Å². The van der Waals surface area contributed by atoms with Crippen molar-refractivity contribution in [2.45, 2.75) is 46.3 Å². The summed E-state index contributed by atoms with van der Waals surface area (Å²) < 4.78 is 37.3. The average Bonchev–Trinajstić information content (AvgIpc) is 2.68. The van der Waals surface area contributed by atoms with Crippen molar-refractivity contribution in [1.29, 1.82) is 0 Å². The van der Waals surface area contributed by atoms with Crippen LogP contribution in [0.15, 0.2) is 40.9 Å². The molecule has 0 atom stereocenters. The molecule has 0 fully saturated rings. The van der Waals surface area contributed by atoms with Crippen LogP contribution in [0.25, 0.3) is 0 Å². The Kier molecular flexibility index (Phi) is 8.60. The molecule has 2 aromatic rings. The van der Waals surface area contributed by atoms with Gasteiger partial charge in [-0.05, 0) is 63.1 Å². The Morgan fingerprint density at radius 2 is 1.84 bits per heavy atom. The molecule has 32 heavy (non-hydrogen) atoms. The summed E-state index contributed by atoms with van der Waals surface area (Å²) in [6.07, 6.45) is -3.59. The summed E-state index contributed by atoms with van der Waals surface area (Å²) in [6.45, 7) is 5.92. The van der Waals surface area contributed by atoms with E-state index < -0.39 is 24.7 Å². The molecule has 0 aromatic heterocycles. The van der Waals surface area contributed by atoms with Gasteiger partial charge in [-0.2, -0.15) is 0 Å². The molecule has 6 nitrogen and oxygen atoms in total. The molecule has 9 heteroatoms. The van der Waals surface area contributed by atoms with Crippen LogP contribution in [0.4, 0.5) is 19.3 Å². The Morgan fingerprint density at radius 1 is 1.16 bits per heavy atom. The van der Waals surface area contributed by atoms with Crippen molar-refractivity contribution in [2.75, 3.05) is 19.0 Å². The number of carbonyl (C=O) groups excluding carboxylic acids is 2. The fourth-order valence-electron chi connectivity index (χ4n) is 2.84. The first-order valence-electron chi connectivity index (χ1n) is 9.90. The number of rotatable bonds is 7. The number of alkyl halides is 2. The Hall–Kier alpha value is -2.68. The van der Waals surface area contributed by atoms with E-state index in [0.717, 1.165) is 10.5 Å². The van der Waals surface area contributed by atoms with Crippen molar-refractivity contribution in [3.05, 3.63) is 57.6 Å². The molecule has 0 aliphatic carbocycles. The fourth-order valence-corrected chi connectivity index (χ4v) is 3.21. The van der Waals surface area contributed by atoms with Gasteiger partial charge in [0, 0.05) is 21.8 Å². The second-order valence-corrected chi connectivity index (χ2v) is 9.05. The standard InChI is InChI=1S/C23H27BrF2N2O4/c1-14-6-8-17(11-19(14)31-5)27-21(29)15-7-9-18(24)16(10-15)12-28(13-20(25)26)22(30)32-23(2,3)4/h6-11,20H,12-13H2,1-5H3,(H,27,29). The first-order chi connectivity index (χ1) is 14.9. The summed E-state index contributed by atoms with van der Waals surface area (Å²) >= 11 is 3.36. The zero-order chi connectivity index (χ0) is 24.1. The number of carbonyl (C=O) groups is 2. The van der Waals surface area contributed by atoms with E-state index in [0.29, 0.717) is 27.0 Å². The molecule has 0 saturated carbocycles. The van der Waals surface area contributed by atoms with Gasteiger partial charge in [0.25, 0.3) is 12.3 Å². The Morgan fingerprint density at radius 3 is 2.44 bits per heavy atom. The lowest BCUT2D eigenvalue weighted by atomic mass is 10.1. The minimum absolute atomic E-state index is 0.153. The average molecular weight is 513 g/mol. The third-order valence-electron chi connectivity index (χ3n) is 4.35. The first-order valence-corrected chi connectivity index (χ1v) is 10.7. The van der Waals surface area contributed by atoms with Gasteiger partial charge in [-0.1, -0.05) is 22.0 Å². The van der Waals surface area contributed by atoms with Gasteiger partial charge in [0.1, 0.15) is 11.4 Å². The van der Waals surface area contributed by atoms with Crippen molar-refractivity contribution in [1.82, 2.24) is 4.90 Å². The summed E-state index contributed by atoms with van der Waals surface area (Å²) in [6, 6.07) is 10.1. The lowest BCUT2D eigenvalue weighted by Gasteiger charge is -2.27. The van der Waals surface area contributed by atoms with Crippen molar-refractivity contribution < 1.29 is 27.8 Å². The first kappa shape index (κ1) is 25.6. The predicted molar refractivity (Wildman–Crippen MR) is 122 cm³/mol. The van der Waals surface area contributed by atoms with Crippen LogP contribution in [-0.4, -0.2) is 42.6 Å². The number of amides is 2. The Bertz CT molecular complexity index is 977. The molecular weight excluding hydrogens is 486 g/mol. The second kappa shape index (κ2) is 10.8. The molecule has 0 radical (unpaired) electrons. The number of hydrogen-bond donors (Lipinski definition) is 1. The maximum absolute atomic E-state index is 13.1. The second-order valence-electron chi connectivity index (χ2n) is 8.20. The Labute approximate surface area is 195 Å². The van der Waals surface area contributed by atoms with Crippen LogP contribution in [-0.2, 0) is 11.3 Å². The maximum Gasteiger partial charge on any atom is 0.410 e. The molecular formula is C23H27BrF2N2O4. The maximum atomic E-state index is 13.1. The van der Waals surface area contributed by atoms with Crippen molar-refractivity contribution >= 4 is 33.6 Å². The molecule has 0 bridgehead atoms. The van der Waals surface area contributed by atoms with Crippen LogP contribution in [0.2, 0.25) is 0 Å². The molecule has 0 aliphatic rings. The van der Waals surface area contributed by atoms with E-state index in [1.807, 2.05) is 13.0 Å². The summed E-state index contributed by atoms with van der Waals surface area (Å²) in [7, 11) is 1.55. The zero-order valence-electron chi connectivity index (χ0n) is 18.7. The van der Waals surface area contributed by atoms with E-state index in [9.17, 15) is 18.4 Å². The number of nitrogens with one attached hydrogen (secondary N) is 1. The highest BCUT2D eigenvalue weighted by Gasteiger charge is 2.25. The number of anilines is 1. The fraction of sp³-hybridized carbons (Fsp3) is 0.391. The van der Waals surface area contributed by atoms with Gasteiger partial charge in [0.05, 0.1) is 20.2 Å². The number of aryl methyl sites for hydroxylation is 1. The third kappa shape index (κ3) is 7.47. The largest absolute Gasteiger partial charge is 0.496 e. The third-order valence-corrected chi connectivity index (χ3v) is 5.12. The van der Waals surface area contributed by atoms with Crippen molar-refractivity contribution in [3.63, 3.8) is 0 Å². The molecule has 0 heterocycles. The monoisotopic (exact) mass is 512 g/mol. The van der Waals surface area contributed by atoms with Gasteiger partial charge < -0.3 is 14.8 Å². The molecule has 0 spiro atoms. The lowest BCUT2D eigenvalue weighted by molar-refractivity contribution is 0.00813. The SMILES string of the molecule is COc1cc(NC(=O)c2ccc(Br)c(CN(CC(F)F)C(=O)OC(C)(C)C)c2)ccc1C. The summed E-state index contributed by atoms with van der Waals surface area (Å²) in [5.74, 6) is 0.252. The number of nitrogens with zero attached hydrogens (tertiary/aromatic N) is 1. The minimum Gasteiger partial charge on any atom is -0.496 e. The number of methoxy groups -OCH3 is 1. The normalized spacial score (nSPS) is 11.3. The zero-order valence-corrected chi connectivity index (χ0v) is 20.3. The van der Waals surface area contributed by atoms with Gasteiger partial charge in [0.15, 0.2) is 0 Å². The van der Waals surface area contributed by atoms with Gasteiger partial charge >= 0.3 is 6.09 Å². The molecule has 0 saturated heterocycles. The molecule has 0 aliphatic heterocycles. The molecule has 2 amide bonds. The number of hydrogen-bond acceptors (Lipinski definition) is 4. The van der Waals surface area contributed by atoms with E-state index in [1.165, 1.54) is 0 Å². The van der Waals surface area contributed by atoms with Crippen LogP contribution in [0, 0.1) is 6.92 Å². The predicted octanol–water partition coefficient (Wildman–Crippen LogP) is 6.02.